The Hall–Kier alpha value is -1.17. The highest BCUT2D eigenvalue weighted by Crippen LogP contribution is 2.40. The molecule has 1 fully saturated rings. The summed E-state index contributed by atoms with van der Waals surface area (Å²) >= 11 is 1.28. The van der Waals surface area contributed by atoms with Gasteiger partial charge in [-0.3, -0.25) is 4.79 Å². The molecule has 0 radical (unpaired) electrons. The highest BCUT2D eigenvalue weighted by atomic mass is 32.1. The van der Waals surface area contributed by atoms with Crippen molar-refractivity contribution in [2.75, 3.05) is 5.32 Å². The number of aliphatic carboxylic acids is 1. The molecule has 6 heteroatoms. The highest BCUT2D eigenvalue weighted by molar-refractivity contribution is 7.09. The van der Waals surface area contributed by atoms with E-state index in [1.165, 1.54) is 11.5 Å². The summed E-state index contributed by atoms with van der Waals surface area (Å²) in [6.45, 7) is 3.63. The van der Waals surface area contributed by atoms with Gasteiger partial charge in [0.15, 0.2) is 0 Å². The van der Waals surface area contributed by atoms with Gasteiger partial charge in [0.1, 0.15) is 5.82 Å². The number of nitrogens with zero attached hydrogens (tertiary/aromatic N) is 2. The fourth-order valence-electron chi connectivity index (χ4n) is 2.16. The number of aryl methyl sites for hydroxylation is 1. The number of rotatable bonds is 3. The molecule has 1 aromatic rings. The summed E-state index contributed by atoms with van der Waals surface area (Å²) < 4.78 is 4.07. The van der Waals surface area contributed by atoms with Gasteiger partial charge in [-0.1, -0.05) is 6.42 Å². The van der Waals surface area contributed by atoms with Crippen molar-refractivity contribution in [3.05, 3.63) is 5.82 Å². The van der Waals surface area contributed by atoms with E-state index in [-0.39, 0.29) is 6.04 Å². The smallest absolute Gasteiger partial charge is 0.311 e. The van der Waals surface area contributed by atoms with Crippen LogP contribution in [-0.2, 0) is 4.79 Å². The molecule has 1 aromatic heterocycles. The molecule has 0 aliphatic heterocycles. The van der Waals surface area contributed by atoms with E-state index < -0.39 is 11.4 Å². The molecule has 0 bridgehead atoms. The molecule has 1 saturated carbocycles. The summed E-state index contributed by atoms with van der Waals surface area (Å²) in [5.74, 6) is -0.00809. The predicted molar refractivity (Wildman–Crippen MR) is 61.7 cm³/mol. The van der Waals surface area contributed by atoms with E-state index in [2.05, 4.69) is 14.7 Å². The number of hydrogen-bond donors (Lipinski definition) is 2. The quantitative estimate of drug-likeness (QED) is 0.845. The van der Waals surface area contributed by atoms with Crippen LogP contribution in [0.25, 0.3) is 0 Å². The van der Waals surface area contributed by atoms with E-state index in [1.54, 1.807) is 6.92 Å². The Morgan fingerprint density at radius 2 is 2.44 bits per heavy atom. The Bertz CT molecular complexity index is 407. The zero-order chi connectivity index (χ0) is 11.8. The normalized spacial score (nSPS) is 29.2. The first-order valence-corrected chi connectivity index (χ1v) is 6.10. The van der Waals surface area contributed by atoms with Crippen LogP contribution >= 0.6 is 11.5 Å². The predicted octanol–water partition coefficient (Wildman–Crippen LogP) is 1.90. The van der Waals surface area contributed by atoms with Gasteiger partial charge in [-0.15, -0.1) is 0 Å². The second kappa shape index (κ2) is 4.01. The molecular formula is C10H15N3O2S. The van der Waals surface area contributed by atoms with Crippen molar-refractivity contribution in [1.82, 2.24) is 9.36 Å². The van der Waals surface area contributed by atoms with Crippen LogP contribution in [0.15, 0.2) is 0 Å². The molecule has 0 aromatic carbocycles. The molecule has 88 valence electrons. The Balaban J connectivity index is 2.12. The summed E-state index contributed by atoms with van der Waals surface area (Å²) in [4.78, 5) is 15.5. The van der Waals surface area contributed by atoms with Crippen LogP contribution in [0.1, 0.15) is 32.0 Å². The number of carbonyl (C=O) groups is 1. The van der Waals surface area contributed by atoms with E-state index in [1.807, 2.05) is 6.92 Å². The maximum absolute atomic E-state index is 11.3. The lowest BCUT2D eigenvalue weighted by Crippen LogP contribution is -2.40. The van der Waals surface area contributed by atoms with Crippen molar-refractivity contribution in [3.8, 4) is 0 Å². The summed E-state index contributed by atoms with van der Waals surface area (Å²) in [6.07, 6.45) is 2.54. The molecule has 5 nitrogen and oxygen atoms in total. The number of carboxylic acid groups (broad SMARTS) is 1. The van der Waals surface area contributed by atoms with Crippen molar-refractivity contribution in [2.24, 2.45) is 5.41 Å². The average molecular weight is 241 g/mol. The fourth-order valence-corrected chi connectivity index (χ4v) is 2.79. The van der Waals surface area contributed by atoms with E-state index in [0.717, 1.165) is 30.2 Å². The molecule has 2 unspecified atom stereocenters. The van der Waals surface area contributed by atoms with Crippen molar-refractivity contribution in [3.63, 3.8) is 0 Å². The SMILES string of the molecule is Cc1nsc(NC2CCCC2(C)C(=O)O)n1. The van der Waals surface area contributed by atoms with Gasteiger partial charge in [0.25, 0.3) is 0 Å². The molecule has 0 amide bonds. The van der Waals surface area contributed by atoms with Crippen molar-refractivity contribution in [2.45, 2.75) is 39.2 Å². The van der Waals surface area contributed by atoms with Crippen LogP contribution < -0.4 is 5.32 Å². The zero-order valence-corrected chi connectivity index (χ0v) is 10.2. The van der Waals surface area contributed by atoms with Gasteiger partial charge in [-0.25, -0.2) is 4.98 Å². The van der Waals surface area contributed by atoms with Crippen molar-refractivity contribution < 1.29 is 9.90 Å². The average Bonchev–Trinajstić information content (AvgIpc) is 2.76. The van der Waals surface area contributed by atoms with E-state index in [9.17, 15) is 9.90 Å². The first-order chi connectivity index (χ1) is 7.52. The molecule has 16 heavy (non-hydrogen) atoms. The summed E-state index contributed by atoms with van der Waals surface area (Å²) in [7, 11) is 0. The molecule has 1 heterocycles. The lowest BCUT2D eigenvalue weighted by atomic mass is 9.85. The van der Waals surface area contributed by atoms with Gasteiger partial charge in [-0.2, -0.15) is 4.37 Å². The Kier molecular flexibility index (Phi) is 2.84. The molecule has 0 saturated heterocycles. The van der Waals surface area contributed by atoms with Gasteiger partial charge in [0.05, 0.1) is 5.41 Å². The maximum atomic E-state index is 11.3. The number of hydrogen-bond acceptors (Lipinski definition) is 5. The van der Waals surface area contributed by atoms with E-state index >= 15 is 0 Å². The number of aromatic nitrogens is 2. The number of nitrogens with one attached hydrogen (secondary N) is 1. The van der Waals surface area contributed by atoms with Gasteiger partial charge >= 0.3 is 5.97 Å². The molecule has 2 N–H and O–H groups in total. The minimum absolute atomic E-state index is 0.0441. The van der Waals surface area contributed by atoms with Crippen LogP contribution in [0, 0.1) is 12.3 Å². The Morgan fingerprint density at radius 1 is 1.69 bits per heavy atom. The van der Waals surface area contributed by atoms with Crippen LogP contribution in [0.5, 0.6) is 0 Å². The lowest BCUT2D eigenvalue weighted by molar-refractivity contribution is -0.147. The monoisotopic (exact) mass is 241 g/mol. The molecule has 1 aliphatic carbocycles. The number of anilines is 1. The Morgan fingerprint density at radius 3 is 3.00 bits per heavy atom. The molecule has 1 aliphatic rings. The molecule has 0 spiro atoms. The van der Waals surface area contributed by atoms with Crippen LogP contribution in [-0.4, -0.2) is 26.5 Å². The van der Waals surface area contributed by atoms with Crippen molar-refractivity contribution in [1.29, 1.82) is 0 Å². The zero-order valence-electron chi connectivity index (χ0n) is 9.36. The van der Waals surface area contributed by atoms with Crippen LogP contribution in [0.4, 0.5) is 5.13 Å². The largest absolute Gasteiger partial charge is 0.481 e. The Labute approximate surface area is 98.1 Å². The third-order valence-corrected chi connectivity index (χ3v) is 4.01. The van der Waals surface area contributed by atoms with Gasteiger partial charge < -0.3 is 10.4 Å². The maximum Gasteiger partial charge on any atom is 0.311 e. The van der Waals surface area contributed by atoms with Crippen LogP contribution in [0.3, 0.4) is 0 Å². The lowest BCUT2D eigenvalue weighted by Gasteiger charge is -2.27. The second-order valence-corrected chi connectivity index (χ2v) is 5.21. The van der Waals surface area contributed by atoms with Gasteiger partial charge in [0.2, 0.25) is 5.13 Å². The highest BCUT2D eigenvalue weighted by Gasteiger charge is 2.45. The first-order valence-electron chi connectivity index (χ1n) is 5.32. The standard InChI is InChI=1S/C10H15N3O2S/c1-6-11-9(16-13-6)12-7-4-3-5-10(7,2)8(14)15/h7H,3-5H2,1-2H3,(H,14,15)(H,11,12,13). The summed E-state index contributed by atoms with van der Waals surface area (Å²) in [6, 6.07) is -0.0441. The summed E-state index contributed by atoms with van der Waals surface area (Å²) in [5, 5.41) is 13.2. The minimum atomic E-state index is -0.733. The third-order valence-electron chi connectivity index (χ3n) is 3.27. The summed E-state index contributed by atoms with van der Waals surface area (Å²) in [5.41, 5.74) is -0.681. The first kappa shape index (κ1) is 11.3. The second-order valence-electron chi connectivity index (χ2n) is 4.46. The van der Waals surface area contributed by atoms with Gasteiger partial charge in [0, 0.05) is 17.6 Å². The fraction of sp³-hybridized carbons (Fsp3) is 0.700. The van der Waals surface area contributed by atoms with Gasteiger partial charge in [-0.05, 0) is 26.7 Å². The molecular weight excluding hydrogens is 226 g/mol. The third kappa shape index (κ3) is 1.89. The van der Waals surface area contributed by atoms with Crippen LogP contribution in [0.2, 0.25) is 0 Å². The van der Waals surface area contributed by atoms with Crippen molar-refractivity contribution >= 4 is 22.6 Å². The topological polar surface area (TPSA) is 75.1 Å². The van der Waals surface area contributed by atoms with E-state index in [4.69, 9.17) is 0 Å². The molecule has 2 rings (SSSR count). The number of carboxylic acids is 1. The van der Waals surface area contributed by atoms with E-state index in [0.29, 0.717) is 0 Å². The minimum Gasteiger partial charge on any atom is -0.481 e. The molecule has 2 atom stereocenters.